The quantitative estimate of drug-likeness (QED) is 0.469. The number of hydrogen-bond acceptors (Lipinski definition) is 3. The molecule has 0 rings (SSSR count). The van der Waals surface area contributed by atoms with Crippen LogP contribution in [0.25, 0.3) is 0 Å². The van der Waals surface area contributed by atoms with Crippen LogP contribution in [0.3, 0.4) is 0 Å². The predicted octanol–water partition coefficient (Wildman–Crippen LogP) is 1.75. The van der Waals surface area contributed by atoms with E-state index in [0.717, 1.165) is 12.8 Å². The molecule has 0 aromatic rings. The van der Waals surface area contributed by atoms with Crippen LogP contribution in [0.4, 0.5) is 0 Å². The minimum absolute atomic E-state index is 0.127. The van der Waals surface area contributed by atoms with Crippen LogP contribution in [0.2, 0.25) is 0 Å². The number of esters is 1. The van der Waals surface area contributed by atoms with Crippen molar-refractivity contribution in [1.82, 2.24) is 4.90 Å². The zero-order chi connectivity index (χ0) is 12.4. The molecule has 0 spiro atoms. The second-order valence-electron chi connectivity index (χ2n) is 3.44. The van der Waals surface area contributed by atoms with Gasteiger partial charge in [0.25, 0.3) is 0 Å². The third kappa shape index (κ3) is 6.22. The summed E-state index contributed by atoms with van der Waals surface area (Å²) in [6.45, 7) is 8.72. The molecule has 0 atom stereocenters. The number of carbonyl (C=O) groups excluding carboxylic acids is 2. The summed E-state index contributed by atoms with van der Waals surface area (Å²) in [4.78, 5) is 24.2. The number of unbranched alkanes of at least 4 members (excludes halogenated alkanes) is 1. The highest BCUT2D eigenvalue weighted by Gasteiger charge is 2.11. The van der Waals surface area contributed by atoms with E-state index in [0.29, 0.717) is 19.7 Å². The summed E-state index contributed by atoms with van der Waals surface area (Å²) in [5, 5.41) is 0. The Labute approximate surface area is 97.3 Å². The van der Waals surface area contributed by atoms with Crippen LogP contribution in [0, 0.1) is 0 Å². The fourth-order valence-corrected chi connectivity index (χ4v) is 1.27. The third-order valence-corrected chi connectivity index (χ3v) is 2.16. The highest BCUT2D eigenvalue weighted by molar-refractivity contribution is 5.87. The van der Waals surface area contributed by atoms with Crippen molar-refractivity contribution < 1.29 is 14.3 Å². The van der Waals surface area contributed by atoms with Crippen LogP contribution in [0.15, 0.2) is 12.7 Å². The molecule has 16 heavy (non-hydrogen) atoms. The van der Waals surface area contributed by atoms with E-state index in [9.17, 15) is 9.59 Å². The van der Waals surface area contributed by atoms with E-state index in [1.54, 1.807) is 11.8 Å². The van der Waals surface area contributed by atoms with Crippen LogP contribution in [-0.4, -0.2) is 36.5 Å². The SMILES string of the molecule is C=CC(=O)N(CCCC)CCC(=O)OCC. The van der Waals surface area contributed by atoms with Gasteiger partial charge in [-0.1, -0.05) is 19.9 Å². The van der Waals surface area contributed by atoms with Gasteiger partial charge in [0.2, 0.25) is 5.91 Å². The molecule has 0 saturated heterocycles. The van der Waals surface area contributed by atoms with Crippen molar-refractivity contribution in [3.8, 4) is 0 Å². The summed E-state index contributed by atoms with van der Waals surface area (Å²) in [7, 11) is 0. The zero-order valence-electron chi connectivity index (χ0n) is 10.2. The number of amides is 1. The molecule has 0 aliphatic heterocycles. The smallest absolute Gasteiger partial charge is 0.307 e. The molecule has 0 aromatic heterocycles. The molecule has 0 aliphatic rings. The minimum Gasteiger partial charge on any atom is -0.466 e. The molecule has 0 heterocycles. The lowest BCUT2D eigenvalue weighted by atomic mass is 10.3. The van der Waals surface area contributed by atoms with Crippen molar-refractivity contribution in [2.24, 2.45) is 0 Å². The summed E-state index contributed by atoms with van der Waals surface area (Å²) >= 11 is 0. The number of hydrogen-bond donors (Lipinski definition) is 0. The summed E-state index contributed by atoms with van der Waals surface area (Å²) in [6.07, 6.45) is 3.47. The second kappa shape index (κ2) is 8.95. The van der Waals surface area contributed by atoms with Crippen molar-refractivity contribution in [3.05, 3.63) is 12.7 Å². The average molecular weight is 227 g/mol. The number of rotatable bonds is 8. The monoisotopic (exact) mass is 227 g/mol. The molecule has 0 radical (unpaired) electrons. The first-order valence-corrected chi connectivity index (χ1v) is 5.72. The Kier molecular flexibility index (Phi) is 8.21. The molecule has 0 N–H and O–H groups in total. The number of ether oxygens (including phenoxy) is 1. The van der Waals surface area contributed by atoms with Gasteiger partial charge in [0.15, 0.2) is 0 Å². The molecule has 0 aromatic carbocycles. The maximum Gasteiger partial charge on any atom is 0.307 e. The predicted molar refractivity (Wildman–Crippen MR) is 62.9 cm³/mol. The Morgan fingerprint density at radius 3 is 2.50 bits per heavy atom. The third-order valence-electron chi connectivity index (χ3n) is 2.16. The fourth-order valence-electron chi connectivity index (χ4n) is 1.27. The van der Waals surface area contributed by atoms with Crippen molar-refractivity contribution >= 4 is 11.9 Å². The Hall–Kier alpha value is -1.32. The van der Waals surface area contributed by atoms with Gasteiger partial charge in [-0.2, -0.15) is 0 Å². The van der Waals surface area contributed by atoms with E-state index in [1.807, 2.05) is 0 Å². The average Bonchev–Trinajstić information content (AvgIpc) is 2.28. The molecule has 92 valence electrons. The van der Waals surface area contributed by atoms with Gasteiger partial charge in [-0.15, -0.1) is 0 Å². The molecule has 0 bridgehead atoms. The molecular weight excluding hydrogens is 206 g/mol. The van der Waals surface area contributed by atoms with Crippen LogP contribution < -0.4 is 0 Å². The Bertz CT molecular complexity index is 238. The van der Waals surface area contributed by atoms with E-state index < -0.39 is 0 Å². The highest BCUT2D eigenvalue weighted by Crippen LogP contribution is 1.99. The Morgan fingerprint density at radius 1 is 1.31 bits per heavy atom. The molecular formula is C12H21NO3. The van der Waals surface area contributed by atoms with Gasteiger partial charge in [0.1, 0.15) is 0 Å². The number of carbonyl (C=O) groups is 2. The van der Waals surface area contributed by atoms with E-state index in [-0.39, 0.29) is 18.3 Å². The lowest BCUT2D eigenvalue weighted by Gasteiger charge is -2.20. The summed E-state index contributed by atoms with van der Waals surface area (Å²) in [5.41, 5.74) is 0. The van der Waals surface area contributed by atoms with Crippen molar-refractivity contribution in [2.75, 3.05) is 19.7 Å². The first-order chi connectivity index (χ1) is 7.65. The normalized spacial score (nSPS) is 9.62. The molecule has 1 amide bonds. The van der Waals surface area contributed by atoms with Gasteiger partial charge >= 0.3 is 5.97 Å². The molecule has 0 unspecified atom stereocenters. The standard InChI is InChI=1S/C12H21NO3/c1-4-7-9-13(11(14)5-2)10-8-12(15)16-6-3/h5H,2,4,6-10H2,1,3H3. The van der Waals surface area contributed by atoms with E-state index in [4.69, 9.17) is 4.74 Å². The Balaban J connectivity index is 4.05. The van der Waals surface area contributed by atoms with Crippen LogP contribution in [0.1, 0.15) is 33.1 Å². The first kappa shape index (κ1) is 14.7. The molecule has 4 nitrogen and oxygen atoms in total. The van der Waals surface area contributed by atoms with Gasteiger partial charge < -0.3 is 9.64 Å². The fraction of sp³-hybridized carbons (Fsp3) is 0.667. The largest absolute Gasteiger partial charge is 0.466 e. The number of nitrogens with zero attached hydrogens (tertiary/aromatic N) is 1. The first-order valence-electron chi connectivity index (χ1n) is 5.72. The summed E-state index contributed by atoms with van der Waals surface area (Å²) in [5.74, 6) is -0.390. The lowest BCUT2D eigenvalue weighted by Crippen LogP contribution is -2.32. The van der Waals surface area contributed by atoms with Crippen LogP contribution in [-0.2, 0) is 14.3 Å². The van der Waals surface area contributed by atoms with E-state index in [2.05, 4.69) is 13.5 Å². The summed E-state index contributed by atoms with van der Waals surface area (Å²) in [6, 6.07) is 0. The van der Waals surface area contributed by atoms with Gasteiger partial charge in [-0.05, 0) is 19.4 Å². The lowest BCUT2D eigenvalue weighted by molar-refractivity contribution is -0.143. The maximum atomic E-state index is 11.4. The maximum absolute atomic E-state index is 11.4. The summed E-state index contributed by atoms with van der Waals surface area (Å²) < 4.78 is 4.81. The van der Waals surface area contributed by atoms with Gasteiger partial charge in [0, 0.05) is 13.1 Å². The van der Waals surface area contributed by atoms with Crippen LogP contribution in [0.5, 0.6) is 0 Å². The van der Waals surface area contributed by atoms with Crippen molar-refractivity contribution in [3.63, 3.8) is 0 Å². The van der Waals surface area contributed by atoms with E-state index in [1.165, 1.54) is 6.08 Å². The Morgan fingerprint density at radius 2 is 2.00 bits per heavy atom. The van der Waals surface area contributed by atoms with Gasteiger partial charge in [-0.3, -0.25) is 9.59 Å². The topological polar surface area (TPSA) is 46.6 Å². The van der Waals surface area contributed by atoms with Crippen molar-refractivity contribution in [1.29, 1.82) is 0 Å². The van der Waals surface area contributed by atoms with E-state index >= 15 is 0 Å². The minimum atomic E-state index is -0.263. The molecule has 0 fully saturated rings. The molecule has 4 heteroatoms. The molecule has 0 saturated carbocycles. The zero-order valence-corrected chi connectivity index (χ0v) is 10.2. The highest BCUT2D eigenvalue weighted by atomic mass is 16.5. The van der Waals surface area contributed by atoms with Gasteiger partial charge in [-0.25, -0.2) is 0 Å². The van der Waals surface area contributed by atoms with Gasteiger partial charge in [0.05, 0.1) is 13.0 Å². The molecule has 0 aliphatic carbocycles. The van der Waals surface area contributed by atoms with Crippen LogP contribution >= 0.6 is 0 Å². The van der Waals surface area contributed by atoms with Crippen molar-refractivity contribution in [2.45, 2.75) is 33.1 Å². The second-order valence-corrected chi connectivity index (χ2v) is 3.44.